The summed E-state index contributed by atoms with van der Waals surface area (Å²) in [5.74, 6) is -0.814. The van der Waals surface area contributed by atoms with Crippen LogP contribution in [0.15, 0.2) is 11.1 Å². The van der Waals surface area contributed by atoms with E-state index in [-0.39, 0.29) is 18.0 Å². The van der Waals surface area contributed by atoms with Crippen molar-refractivity contribution < 1.29 is 14.3 Å². The molecule has 0 saturated heterocycles. The average Bonchev–Trinajstić information content (AvgIpc) is 3.20. The molecule has 1 amide bonds. The SMILES string of the molecule is COC(=O)c1c(NC(=O)Cn2cnc3sc(C)c(C)c3c2=O)sc2c1CCCC2. The average molecular weight is 432 g/mol. The Kier molecular flexibility index (Phi) is 5.26. The number of fused-ring (bicyclic) bond motifs is 2. The minimum Gasteiger partial charge on any atom is -0.465 e. The number of nitrogens with zero attached hydrogens (tertiary/aromatic N) is 2. The second-order valence-electron chi connectivity index (χ2n) is 7.10. The second kappa shape index (κ2) is 7.72. The van der Waals surface area contributed by atoms with Gasteiger partial charge in [0, 0.05) is 9.75 Å². The van der Waals surface area contributed by atoms with Crippen molar-refractivity contribution >= 4 is 49.8 Å². The van der Waals surface area contributed by atoms with Crippen molar-refractivity contribution in [2.45, 2.75) is 46.1 Å². The van der Waals surface area contributed by atoms with Crippen LogP contribution in [0.1, 0.15) is 44.1 Å². The number of nitrogens with one attached hydrogen (secondary N) is 1. The van der Waals surface area contributed by atoms with E-state index in [2.05, 4.69) is 10.3 Å². The smallest absolute Gasteiger partial charge is 0.341 e. The van der Waals surface area contributed by atoms with Crippen molar-refractivity contribution in [3.05, 3.63) is 43.1 Å². The number of hydrogen-bond donors (Lipinski definition) is 1. The van der Waals surface area contributed by atoms with E-state index in [0.29, 0.717) is 20.8 Å². The number of carbonyl (C=O) groups excluding carboxylic acids is 2. The van der Waals surface area contributed by atoms with E-state index in [1.165, 1.54) is 40.7 Å². The van der Waals surface area contributed by atoms with Crippen LogP contribution in [0.2, 0.25) is 0 Å². The Hall–Kier alpha value is -2.52. The number of amides is 1. The molecule has 7 nitrogen and oxygen atoms in total. The highest BCUT2D eigenvalue weighted by Crippen LogP contribution is 2.38. The molecular formula is C20H21N3O4S2. The first-order valence-corrected chi connectivity index (χ1v) is 11.0. The minimum absolute atomic E-state index is 0.167. The van der Waals surface area contributed by atoms with Gasteiger partial charge in [0.15, 0.2) is 0 Å². The van der Waals surface area contributed by atoms with Gasteiger partial charge in [-0.15, -0.1) is 22.7 Å². The fourth-order valence-corrected chi connectivity index (χ4v) is 5.96. The highest BCUT2D eigenvalue weighted by molar-refractivity contribution is 7.18. The molecule has 1 aliphatic carbocycles. The third-order valence-electron chi connectivity index (χ3n) is 5.28. The van der Waals surface area contributed by atoms with Gasteiger partial charge in [0.1, 0.15) is 16.4 Å². The molecule has 0 bridgehead atoms. The maximum atomic E-state index is 12.8. The summed E-state index contributed by atoms with van der Waals surface area (Å²) in [6, 6.07) is 0. The third kappa shape index (κ3) is 3.49. The lowest BCUT2D eigenvalue weighted by atomic mass is 9.95. The second-order valence-corrected chi connectivity index (χ2v) is 9.40. The summed E-state index contributed by atoms with van der Waals surface area (Å²) in [7, 11) is 1.34. The standard InChI is InChI=1S/C20H21N3O4S2/c1-10-11(2)28-17-15(10)19(25)23(9-21-17)8-14(24)22-18-16(20(26)27-3)12-6-4-5-7-13(12)29-18/h9H,4-8H2,1-3H3,(H,22,24). The van der Waals surface area contributed by atoms with Gasteiger partial charge in [0.25, 0.3) is 5.56 Å². The molecule has 0 unspecified atom stereocenters. The van der Waals surface area contributed by atoms with Crippen molar-refractivity contribution in [3.63, 3.8) is 0 Å². The van der Waals surface area contributed by atoms with Crippen LogP contribution in [0.4, 0.5) is 5.00 Å². The van der Waals surface area contributed by atoms with Crippen LogP contribution in [0.3, 0.4) is 0 Å². The van der Waals surface area contributed by atoms with Gasteiger partial charge in [0.2, 0.25) is 5.91 Å². The topological polar surface area (TPSA) is 90.3 Å². The van der Waals surface area contributed by atoms with E-state index in [1.54, 1.807) is 0 Å². The molecule has 0 atom stereocenters. The number of ether oxygens (including phenoxy) is 1. The molecule has 1 aliphatic rings. The number of methoxy groups -OCH3 is 1. The third-order valence-corrected chi connectivity index (χ3v) is 7.61. The maximum absolute atomic E-state index is 12.8. The molecule has 0 saturated carbocycles. The van der Waals surface area contributed by atoms with Crippen LogP contribution in [0.25, 0.3) is 10.2 Å². The van der Waals surface area contributed by atoms with Crippen LogP contribution in [-0.4, -0.2) is 28.5 Å². The van der Waals surface area contributed by atoms with Crippen molar-refractivity contribution in [1.82, 2.24) is 9.55 Å². The zero-order chi connectivity index (χ0) is 20.7. The van der Waals surface area contributed by atoms with E-state index in [9.17, 15) is 14.4 Å². The van der Waals surface area contributed by atoms with Crippen molar-refractivity contribution in [1.29, 1.82) is 0 Å². The molecule has 3 aromatic heterocycles. The summed E-state index contributed by atoms with van der Waals surface area (Å²) in [6.45, 7) is 3.67. The molecule has 0 radical (unpaired) electrons. The van der Waals surface area contributed by atoms with E-state index in [4.69, 9.17) is 4.74 Å². The fourth-order valence-electron chi connectivity index (χ4n) is 3.68. The van der Waals surface area contributed by atoms with E-state index in [1.807, 2.05) is 13.8 Å². The van der Waals surface area contributed by atoms with Crippen LogP contribution in [0, 0.1) is 13.8 Å². The molecular weight excluding hydrogens is 410 g/mol. The Balaban J connectivity index is 1.63. The largest absolute Gasteiger partial charge is 0.465 e. The normalized spacial score (nSPS) is 13.3. The maximum Gasteiger partial charge on any atom is 0.341 e. The number of thiophene rings is 2. The fraction of sp³-hybridized carbons (Fsp3) is 0.400. The zero-order valence-corrected chi connectivity index (χ0v) is 18.1. The molecule has 29 heavy (non-hydrogen) atoms. The van der Waals surface area contributed by atoms with Crippen molar-refractivity contribution in [2.75, 3.05) is 12.4 Å². The Bertz CT molecular complexity index is 1190. The molecule has 0 aromatic carbocycles. The van der Waals surface area contributed by atoms with Gasteiger partial charge in [-0.05, 0) is 50.7 Å². The lowest BCUT2D eigenvalue weighted by molar-refractivity contribution is -0.116. The molecule has 0 fully saturated rings. The first-order valence-electron chi connectivity index (χ1n) is 9.38. The summed E-state index contributed by atoms with van der Waals surface area (Å²) >= 11 is 2.89. The monoisotopic (exact) mass is 431 g/mol. The van der Waals surface area contributed by atoms with Gasteiger partial charge in [0.05, 0.1) is 24.4 Å². The van der Waals surface area contributed by atoms with Crippen LogP contribution < -0.4 is 10.9 Å². The Labute approximate surface area is 175 Å². The molecule has 9 heteroatoms. The van der Waals surface area contributed by atoms with Gasteiger partial charge in [-0.2, -0.15) is 0 Å². The number of esters is 1. The number of rotatable bonds is 4. The minimum atomic E-state index is -0.440. The van der Waals surface area contributed by atoms with E-state index >= 15 is 0 Å². The number of anilines is 1. The molecule has 1 N–H and O–H groups in total. The molecule has 152 valence electrons. The van der Waals surface area contributed by atoms with Gasteiger partial charge in [-0.1, -0.05) is 0 Å². The number of hydrogen-bond acceptors (Lipinski definition) is 7. The highest BCUT2D eigenvalue weighted by atomic mass is 32.1. The number of carbonyl (C=O) groups is 2. The lowest BCUT2D eigenvalue weighted by Gasteiger charge is -2.12. The first-order chi connectivity index (χ1) is 13.9. The van der Waals surface area contributed by atoms with E-state index < -0.39 is 5.97 Å². The summed E-state index contributed by atoms with van der Waals surface area (Å²) in [4.78, 5) is 45.0. The predicted molar refractivity (Wildman–Crippen MR) is 114 cm³/mol. The molecule has 0 aliphatic heterocycles. The summed E-state index contributed by atoms with van der Waals surface area (Å²) in [5, 5.41) is 3.88. The summed E-state index contributed by atoms with van der Waals surface area (Å²) in [6.07, 6.45) is 5.20. The van der Waals surface area contributed by atoms with Crippen molar-refractivity contribution in [2.24, 2.45) is 0 Å². The van der Waals surface area contributed by atoms with Crippen LogP contribution in [0.5, 0.6) is 0 Å². The number of aryl methyl sites for hydroxylation is 3. The Morgan fingerprint density at radius 1 is 1.24 bits per heavy atom. The Morgan fingerprint density at radius 3 is 2.76 bits per heavy atom. The van der Waals surface area contributed by atoms with Crippen LogP contribution >= 0.6 is 22.7 Å². The van der Waals surface area contributed by atoms with Crippen molar-refractivity contribution in [3.8, 4) is 0 Å². The summed E-state index contributed by atoms with van der Waals surface area (Å²) in [5.41, 5.74) is 2.10. The van der Waals surface area contributed by atoms with Gasteiger partial charge in [-0.3, -0.25) is 14.2 Å². The molecule has 4 rings (SSSR count). The molecule has 3 heterocycles. The van der Waals surface area contributed by atoms with E-state index in [0.717, 1.165) is 46.6 Å². The summed E-state index contributed by atoms with van der Waals surface area (Å²) < 4.78 is 6.24. The Morgan fingerprint density at radius 2 is 2.00 bits per heavy atom. The van der Waals surface area contributed by atoms with Gasteiger partial charge >= 0.3 is 5.97 Å². The van der Waals surface area contributed by atoms with Crippen LogP contribution in [-0.2, 0) is 28.9 Å². The number of aromatic nitrogens is 2. The zero-order valence-electron chi connectivity index (χ0n) is 16.5. The van der Waals surface area contributed by atoms with Gasteiger partial charge < -0.3 is 10.1 Å². The lowest BCUT2D eigenvalue weighted by Crippen LogP contribution is -2.28. The molecule has 3 aromatic rings. The predicted octanol–water partition coefficient (Wildman–Crippen LogP) is 3.44. The quantitative estimate of drug-likeness (QED) is 0.639. The first kappa shape index (κ1) is 19.8. The highest BCUT2D eigenvalue weighted by Gasteiger charge is 2.27. The van der Waals surface area contributed by atoms with Gasteiger partial charge in [-0.25, -0.2) is 9.78 Å². The molecule has 0 spiro atoms.